The van der Waals surface area contributed by atoms with Gasteiger partial charge in [-0.2, -0.15) is 0 Å². The summed E-state index contributed by atoms with van der Waals surface area (Å²) < 4.78 is 0. The van der Waals surface area contributed by atoms with E-state index in [2.05, 4.69) is 39.9 Å². The number of carbonyl (C=O) groups is 1. The van der Waals surface area contributed by atoms with Crippen LogP contribution in [-0.2, 0) is 11.3 Å². The van der Waals surface area contributed by atoms with Gasteiger partial charge in [-0.05, 0) is 68.0 Å². The smallest absolute Gasteiger partial charge is 0.217 e. The van der Waals surface area contributed by atoms with Crippen LogP contribution >= 0.6 is 0 Å². The molecule has 2 nitrogen and oxygen atoms in total. The molecule has 1 N–H and O–H groups in total. The first-order valence-corrected chi connectivity index (χ1v) is 5.66. The van der Waals surface area contributed by atoms with Crippen molar-refractivity contribution in [2.45, 2.75) is 48.1 Å². The largest absolute Gasteiger partial charge is 0.352 e. The molecule has 1 aromatic carbocycles. The molecule has 1 rings (SSSR count). The Labute approximate surface area is 98.1 Å². The van der Waals surface area contributed by atoms with Gasteiger partial charge in [0.25, 0.3) is 0 Å². The van der Waals surface area contributed by atoms with Gasteiger partial charge in [-0.1, -0.05) is 0 Å². The zero-order chi connectivity index (χ0) is 12.5. The van der Waals surface area contributed by atoms with Crippen LogP contribution in [0.2, 0.25) is 0 Å². The van der Waals surface area contributed by atoms with E-state index in [1.807, 2.05) is 0 Å². The number of amides is 1. The van der Waals surface area contributed by atoms with Crippen LogP contribution in [0, 0.1) is 34.6 Å². The molecule has 0 fully saturated rings. The molecule has 0 aliphatic rings. The van der Waals surface area contributed by atoms with E-state index < -0.39 is 0 Å². The molecule has 1 amide bonds. The molecule has 0 radical (unpaired) electrons. The normalized spacial score (nSPS) is 10.4. The Hall–Kier alpha value is -1.31. The molecule has 0 unspecified atom stereocenters. The summed E-state index contributed by atoms with van der Waals surface area (Å²) in [6.07, 6.45) is 0. The van der Waals surface area contributed by atoms with E-state index >= 15 is 0 Å². The van der Waals surface area contributed by atoms with Crippen LogP contribution in [-0.4, -0.2) is 5.91 Å². The van der Waals surface area contributed by atoms with Gasteiger partial charge in [-0.15, -0.1) is 0 Å². The van der Waals surface area contributed by atoms with Crippen LogP contribution in [0.3, 0.4) is 0 Å². The van der Waals surface area contributed by atoms with Crippen LogP contribution < -0.4 is 5.32 Å². The highest BCUT2D eigenvalue weighted by Gasteiger charge is 2.11. The first kappa shape index (κ1) is 12.8. The SMILES string of the molecule is CC(=O)NCc1c(C)c(C)c(C)c(C)c1C. The van der Waals surface area contributed by atoms with E-state index in [-0.39, 0.29) is 5.91 Å². The maximum Gasteiger partial charge on any atom is 0.217 e. The predicted molar refractivity (Wildman–Crippen MR) is 67.6 cm³/mol. The van der Waals surface area contributed by atoms with Crippen LogP contribution in [0.5, 0.6) is 0 Å². The number of benzene rings is 1. The van der Waals surface area contributed by atoms with E-state index in [0.717, 1.165) is 0 Å². The van der Waals surface area contributed by atoms with Crippen molar-refractivity contribution >= 4 is 5.91 Å². The maximum atomic E-state index is 11.0. The molecule has 88 valence electrons. The third-order valence-corrected chi connectivity index (χ3v) is 3.67. The van der Waals surface area contributed by atoms with Gasteiger partial charge in [0.05, 0.1) is 0 Å². The summed E-state index contributed by atoms with van der Waals surface area (Å²) in [5, 5.41) is 2.88. The van der Waals surface area contributed by atoms with Gasteiger partial charge in [0.1, 0.15) is 0 Å². The maximum absolute atomic E-state index is 11.0. The molecular weight excluding hydrogens is 198 g/mol. The number of nitrogens with one attached hydrogen (secondary N) is 1. The van der Waals surface area contributed by atoms with Gasteiger partial charge in [-0.25, -0.2) is 0 Å². The molecule has 0 bridgehead atoms. The molecule has 2 heteroatoms. The number of rotatable bonds is 2. The topological polar surface area (TPSA) is 29.1 Å². The summed E-state index contributed by atoms with van der Waals surface area (Å²) in [6.45, 7) is 12.9. The molecule has 0 aliphatic carbocycles. The molecule has 0 atom stereocenters. The van der Waals surface area contributed by atoms with Gasteiger partial charge >= 0.3 is 0 Å². The highest BCUT2D eigenvalue weighted by Crippen LogP contribution is 2.25. The summed E-state index contributed by atoms with van der Waals surface area (Å²) in [4.78, 5) is 11.0. The number of hydrogen-bond acceptors (Lipinski definition) is 1. The fourth-order valence-electron chi connectivity index (χ4n) is 2.06. The molecule has 0 saturated carbocycles. The average molecular weight is 219 g/mol. The van der Waals surface area contributed by atoms with Gasteiger partial charge in [0.15, 0.2) is 0 Å². The molecule has 0 heterocycles. The lowest BCUT2D eigenvalue weighted by molar-refractivity contribution is -0.119. The Balaban J connectivity index is 3.23. The Morgan fingerprint density at radius 1 is 0.875 bits per heavy atom. The molecule has 0 saturated heterocycles. The zero-order valence-electron chi connectivity index (χ0n) is 11.1. The van der Waals surface area contributed by atoms with Gasteiger partial charge in [-0.3, -0.25) is 4.79 Å². The van der Waals surface area contributed by atoms with Crippen molar-refractivity contribution in [3.05, 3.63) is 33.4 Å². The molecule has 0 spiro atoms. The molecule has 0 aromatic heterocycles. The lowest BCUT2D eigenvalue weighted by Gasteiger charge is -2.18. The Kier molecular flexibility index (Phi) is 3.74. The molecule has 16 heavy (non-hydrogen) atoms. The minimum absolute atomic E-state index is 0.0229. The predicted octanol–water partition coefficient (Wildman–Crippen LogP) is 2.86. The fourth-order valence-corrected chi connectivity index (χ4v) is 2.06. The van der Waals surface area contributed by atoms with Gasteiger partial charge in [0, 0.05) is 13.5 Å². The summed E-state index contributed by atoms with van der Waals surface area (Å²) in [5.41, 5.74) is 7.90. The Morgan fingerprint density at radius 3 is 1.62 bits per heavy atom. The first-order valence-electron chi connectivity index (χ1n) is 5.66. The Morgan fingerprint density at radius 2 is 1.25 bits per heavy atom. The quantitative estimate of drug-likeness (QED) is 0.814. The molecule has 1 aromatic rings. The van der Waals surface area contributed by atoms with Gasteiger partial charge in [0.2, 0.25) is 5.91 Å². The summed E-state index contributed by atoms with van der Waals surface area (Å²) in [7, 11) is 0. The van der Waals surface area contributed by atoms with Gasteiger partial charge < -0.3 is 5.32 Å². The standard InChI is InChI=1S/C14H21NO/c1-8-9(2)11(4)14(7-15-13(6)16)12(5)10(8)3/h7H2,1-6H3,(H,15,16). The minimum Gasteiger partial charge on any atom is -0.352 e. The second-order valence-electron chi connectivity index (χ2n) is 4.51. The van der Waals surface area contributed by atoms with Crippen LogP contribution in [0.4, 0.5) is 0 Å². The average Bonchev–Trinajstić information content (AvgIpc) is 2.23. The monoisotopic (exact) mass is 219 g/mol. The second kappa shape index (κ2) is 4.69. The third kappa shape index (κ3) is 2.26. The molecule has 0 aliphatic heterocycles. The number of hydrogen-bond donors (Lipinski definition) is 1. The summed E-state index contributed by atoms with van der Waals surface area (Å²) in [5.74, 6) is 0.0229. The highest BCUT2D eigenvalue weighted by molar-refractivity contribution is 5.73. The minimum atomic E-state index is 0.0229. The van der Waals surface area contributed by atoms with Crippen molar-refractivity contribution in [2.24, 2.45) is 0 Å². The zero-order valence-corrected chi connectivity index (χ0v) is 11.1. The first-order chi connectivity index (χ1) is 7.36. The van der Waals surface area contributed by atoms with Crippen molar-refractivity contribution in [3.63, 3.8) is 0 Å². The summed E-state index contributed by atoms with van der Waals surface area (Å²) >= 11 is 0. The van der Waals surface area contributed by atoms with Crippen molar-refractivity contribution in [1.29, 1.82) is 0 Å². The third-order valence-electron chi connectivity index (χ3n) is 3.67. The van der Waals surface area contributed by atoms with E-state index in [0.29, 0.717) is 6.54 Å². The number of carbonyl (C=O) groups excluding carboxylic acids is 1. The highest BCUT2D eigenvalue weighted by atomic mass is 16.1. The molecular formula is C14H21NO. The summed E-state index contributed by atoms with van der Waals surface area (Å²) in [6, 6.07) is 0. The van der Waals surface area contributed by atoms with E-state index in [1.165, 1.54) is 33.4 Å². The van der Waals surface area contributed by atoms with E-state index in [4.69, 9.17) is 0 Å². The lowest BCUT2D eigenvalue weighted by atomic mass is 9.89. The van der Waals surface area contributed by atoms with Crippen LogP contribution in [0.25, 0.3) is 0 Å². The second-order valence-corrected chi connectivity index (χ2v) is 4.51. The van der Waals surface area contributed by atoms with Crippen molar-refractivity contribution in [1.82, 2.24) is 5.32 Å². The van der Waals surface area contributed by atoms with Crippen molar-refractivity contribution in [3.8, 4) is 0 Å². The Bertz CT molecular complexity index is 404. The lowest BCUT2D eigenvalue weighted by Crippen LogP contribution is -2.21. The fraction of sp³-hybridized carbons (Fsp3) is 0.500. The van der Waals surface area contributed by atoms with Crippen molar-refractivity contribution in [2.75, 3.05) is 0 Å². The van der Waals surface area contributed by atoms with E-state index in [9.17, 15) is 4.79 Å². The van der Waals surface area contributed by atoms with Crippen molar-refractivity contribution < 1.29 is 4.79 Å². The van der Waals surface area contributed by atoms with Crippen LogP contribution in [0.15, 0.2) is 0 Å². The van der Waals surface area contributed by atoms with E-state index in [1.54, 1.807) is 6.92 Å². The van der Waals surface area contributed by atoms with Crippen LogP contribution in [0.1, 0.15) is 40.3 Å².